The third-order valence-electron chi connectivity index (χ3n) is 3.59. The van der Waals surface area contributed by atoms with Crippen molar-refractivity contribution >= 4 is 0 Å². The molecule has 0 aromatic heterocycles. The summed E-state index contributed by atoms with van der Waals surface area (Å²) in [5, 5.41) is 0. The van der Waals surface area contributed by atoms with E-state index in [0.717, 1.165) is 38.5 Å². The lowest BCUT2D eigenvalue weighted by atomic mass is 9.61. The molecule has 2 aliphatic rings. The fourth-order valence-electron chi connectivity index (χ4n) is 2.71. The van der Waals surface area contributed by atoms with Gasteiger partial charge in [0.25, 0.3) is 0 Å². The number of alkyl halides is 3. The van der Waals surface area contributed by atoms with Crippen LogP contribution in [0, 0.1) is 5.92 Å². The molecule has 82 valence electrons. The SMILES string of the molecule is FC(F)(F)COC12CCCCC1CC2. The van der Waals surface area contributed by atoms with Crippen LogP contribution in [-0.2, 0) is 4.74 Å². The molecule has 0 spiro atoms. The highest BCUT2D eigenvalue weighted by Crippen LogP contribution is 2.51. The maximum Gasteiger partial charge on any atom is 0.411 e. The largest absolute Gasteiger partial charge is 0.411 e. The fraction of sp³-hybridized carbons (Fsp3) is 1.00. The zero-order valence-corrected chi connectivity index (χ0v) is 8.07. The molecule has 0 aliphatic heterocycles. The predicted molar refractivity (Wildman–Crippen MR) is 45.9 cm³/mol. The lowest BCUT2D eigenvalue weighted by molar-refractivity contribution is -0.244. The van der Waals surface area contributed by atoms with Gasteiger partial charge in [0.2, 0.25) is 0 Å². The molecule has 1 nitrogen and oxygen atoms in total. The minimum atomic E-state index is -4.17. The highest BCUT2D eigenvalue weighted by molar-refractivity contribution is 5.00. The molecule has 0 amide bonds. The van der Waals surface area contributed by atoms with Gasteiger partial charge < -0.3 is 4.74 Å². The van der Waals surface area contributed by atoms with Gasteiger partial charge in [-0.3, -0.25) is 0 Å². The summed E-state index contributed by atoms with van der Waals surface area (Å²) in [5.41, 5.74) is -0.395. The number of hydrogen-bond acceptors (Lipinski definition) is 1. The maximum atomic E-state index is 12.0. The molecule has 0 saturated heterocycles. The van der Waals surface area contributed by atoms with E-state index in [1.165, 1.54) is 0 Å². The number of rotatable bonds is 2. The third-order valence-corrected chi connectivity index (χ3v) is 3.59. The summed E-state index contributed by atoms with van der Waals surface area (Å²) < 4.78 is 41.1. The summed E-state index contributed by atoms with van der Waals surface area (Å²) in [6.07, 6.45) is 1.76. The predicted octanol–water partition coefficient (Wildman–Crippen LogP) is 3.29. The number of halogens is 3. The van der Waals surface area contributed by atoms with Gasteiger partial charge in [-0.25, -0.2) is 0 Å². The Hall–Kier alpha value is -0.250. The first kappa shape index (κ1) is 10.3. The number of ether oxygens (including phenoxy) is 1. The second kappa shape index (κ2) is 3.40. The van der Waals surface area contributed by atoms with E-state index >= 15 is 0 Å². The molecular weight excluding hydrogens is 193 g/mol. The number of fused-ring (bicyclic) bond motifs is 1. The van der Waals surface area contributed by atoms with Gasteiger partial charge in [-0.05, 0) is 31.6 Å². The van der Waals surface area contributed by atoms with Crippen LogP contribution < -0.4 is 0 Å². The molecule has 2 aliphatic carbocycles. The van der Waals surface area contributed by atoms with E-state index in [1.54, 1.807) is 0 Å². The van der Waals surface area contributed by atoms with Crippen molar-refractivity contribution in [3.63, 3.8) is 0 Å². The van der Waals surface area contributed by atoms with Crippen LogP contribution in [0.1, 0.15) is 38.5 Å². The molecule has 0 bridgehead atoms. The number of hydrogen-bond donors (Lipinski definition) is 0. The van der Waals surface area contributed by atoms with E-state index in [9.17, 15) is 13.2 Å². The van der Waals surface area contributed by atoms with Crippen LogP contribution in [0.15, 0.2) is 0 Å². The second-order valence-electron chi connectivity index (χ2n) is 4.45. The van der Waals surface area contributed by atoms with E-state index in [4.69, 9.17) is 4.74 Å². The van der Waals surface area contributed by atoms with Crippen LogP contribution in [0.2, 0.25) is 0 Å². The smallest absolute Gasteiger partial charge is 0.365 e. The Kier molecular flexibility index (Phi) is 2.50. The Morgan fingerprint density at radius 2 is 1.93 bits per heavy atom. The lowest BCUT2D eigenvalue weighted by Crippen LogP contribution is -2.52. The van der Waals surface area contributed by atoms with Crippen molar-refractivity contribution in [2.45, 2.75) is 50.3 Å². The molecule has 2 saturated carbocycles. The van der Waals surface area contributed by atoms with Crippen LogP contribution in [-0.4, -0.2) is 18.4 Å². The molecule has 4 heteroatoms. The molecule has 0 aromatic carbocycles. The molecule has 0 N–H and O–H groups in total. The van der Waals surface area contributed by atoms with Crippen molar-refractivity contribution in [2.75, 3.05) is 6.61 Å². The first-order valence-corrected chi connectivity index (χ1v) is 5.23. The highest BCUT2D eigenvalue weighted by atomic mass is 19.4. The average molecular weight is 208 g/mol. The van der Waals surface area contributed by atoms with Crippen LogP contribution in [0.4, 0.5) is 13.2 Å². The van der Waals surface area contributed by atoms with Gasteiger partial charge >= 0.3 is 6.18 Å². The molecule has 2 atom stereocenters. The van der Waals surface area contributed by atoms with E-state index in [0.29, 0.717) is 5.92 Å². The summed E-state index contributed by atoms with van der Waals surface area (Å²) in [4.78, 5) is 0. The lowest BCUT2D eigenvalue weighted by Gasteiger charge is -2.52. The summed E-state index contributed by atoms with van der Waals surface area (Å²) in [5.74, 6) is 0.401. The van der Waals surface area contributed by atoms with Crippen LogP contribution in [0.5, 0.6) is 0 Å². The topological polar surface area (TPSA) is 9.23 Å². The van der Waals surface area contributed by atoms with Gasteiger partial charge in [0.15, 0.2) is 0 Å². The summed E-state index contributed by atoms with van der Waals surface area (Å²) in [6, 6.07) is 0. The minimum Gasteiger partial charge on any atom is -0.365 e. The molecule has 0 aromatic rings. The molecule has 0 radical (unpaired) electrons. The monoisotopic (exact) mass is 208 g/mol. The van der Waals surface area contributed by atoms with Gasteiger partial charge in [-0.1, -0.05) is 12.8 Å². The molecule has 14 heavy (non-hydrogen) atoms. The zero-order valence-electron chi connectivity index (χ0n) is 8.07. The van der Waals surface area contributed by atoms with Gasteiger partial charge in [0.1, 0.15) is 6.61 Å². The third kappa shape index (κ3) is 1.90. The summed E-state index contributed by atoms with van der Waals surface area (Å²) >= 11 is 0. The Morgan fingerprint density at radius 1 is 1.14 bits per heavy atom. The molecule has 2 rings (SSSR count). The van der Waals surface area contributed by atoms with Crippen molar-refractivity contribution in [3.05, 3.63) is 0 Å². The minimum absolute atomic E-state index is 0.395. The maximum absolute atomic E-state index is 12.0. The van der Waals surface area contributed by atoms with Crippen LogP contribution >= 0.6 is 0 Å². The van der Waals surface area contributed by atoms with E-state index in [1.807, 2.05) is 0 Å². The Balaban J connectivity index is 1.89. The average Bonchev–Trinajstić information content (AvgIpc) is 2.04. The Labute approximate surface area is 81.6 Å². The zero-order chi connectivity index (χ0) is 10.2. The van der Waals surface area contributed by atoms with Gasteiger partial charge in [0, 0.05) is 0 Å². The van der Waals surface area contributed by atoms with Gasteiger partial charge in [0.05, 0.1) is 5.60 Å². The van der Waals surface area contributed by atoms with Crippen molar-refractivity contribution in [2.24, 2.45) is 5.92 Å². The molecular formula is C10H15F3O. The van der Waals surface area contributed by atoms with Gasteiger partial charge in [-0.2, -0.15) is 13.2 Å². The van der Waals surface area contributed by atoms with E-state index in [2.05, 4.69) is 0 Å². The Bertz CT molecular complexity index is 214. The first-order valence-electron chi connectivity index (χ1n) is 5.23. The summed E-state index contributed by atoms with van der Waals surface area (Å²) in [7, 11) is 0. The molecule has 2 unspecified atom stereocenters. The van der Waals surface area contributed by atoms with Crippen molar-refractivity contribution in [3.8, 4) is 0 Å². The summed E-state index contributed by atoms with van der Waals surface area (Å²) in [6.45, 7) is -1.07. The van der Waals surface area contributed by atoms with E-state index in [-0.39, 0.29) is 0 Å². The standard InChI is InChI=1S/C10H15F3O/c11-10(12,13)7-14-9-5-2-1-3-8(9)4-6-9/h8H,1-7H2. The van der Waals surface area contributed by atoms with Crippen LogP contribution in [0.25, 0.3) is 0 Å². The fourth-order valence-corrected chi connectivity index (χ4v) is 2.71. The van der Waals surface area contributed by atoms with Crippen molar-refractivity contribution < 1.29 is 17.9 Å². The van der Waals surface area contributed by atoms with Crippen LogP contribution in [0.3, 0.4) is 0 Å². The van der Waals surface area contributed by atoms with E-state index < -0.39 is 18.4 Å². The quantitative estimate of drug-likeness (QED) is 0.676. The van der Waals surface area contributed by atoms with Crippen molar-refractivity contribution in [1.29, 1.82) is 0 Å². The first-order chi connectivity index (χ1) is 6.52. The molecule has 2 fully saturated rings. The molecule has 0 heterocycles. The Morgan fingerprint density at radius 3 is 2.43 bits per heavy atom. The highest BCUT2D eigenvalue weighted by Gasteiger charge is 2.50. The normalized spacial score (nSPS) is 37.5. The van der Waals surface area contributed by atoms with Gasteiger partial charge in [-0.15, -0.1) is 0 Å². The second-order valence-corrected chi connectivity index (χ2v) is 4.45. The van der Waals surface area contributed by atoms with Crippen molar-refractivity contribution in [1.82, 2.24) is 0 Å².